The molecule has 1 N–H and O–H groups in total. The fourth-order valence-electron chi connectivity index (χ4n) is 1.10. The topological polar surface area (TPSA) is 64.6 Å². The molecular weight excluding hydrogens is 218 g/mol. The van der Waals surface area contributed by atoms with Gasteiger partial charge in [0, 0.05) is 12.7 Å². The normalized spacial score (nSPS) is 17.7. The maximum Gasteiger partial charge on any atom is 0.329 e. The summed E-state index contributed by atoms with van der Waals surface area (Å²) >= 11 is 1.62. The third kappa shape index (κ3) is 4.09. The minimum absolute atomic E-state index is 0.226. The van der Waals surface area contributed by atoms with E-state index in [1.807, 2.05) is 0 Å². The van der Waals surface area contributed by atoms with Gasteiger partial charge in [-0.3, -0.25) is 4.79 Å². The molecule has 1 unspecified atom stereocenters. The molecule has 0 saturated carbocycles. The van der Waals surface area contributed by atoms with Crippen LogP contribution in [0.4, 0.5) is 0 Å². The van der Waals surface area contributed by atoms with Crippen molar-refractivity contribution >= 4 is 23.6 Å². The van der Waals surface area contributed by atoms with Crippen LogP contribution in [0, 0.1) is 0 Å². The number of rotatable bonds is 5. The van der Waals surface area contributed by atoms with E-state index in [9.17, 15) is 9.59 Å². The van der Waals surface area contributed by atoms with Crippen molar-refractivity contribution in [2.75, 3.05) is 26.1 Å². The van der Waals surface area contributed by atoms with E-state index in [1.165, 1.54) is 14.0 Å². The van der Waals surface area contributed by atoms with Crippen LogP contribution in [0.2, 0.25) is 0 Å². The fourth-order valence-corrected chi connectivity index (χ4v) is 2.17. The van der Waals surface area contributed by atoms with Gasteiger partial charge in [-0.15, -0.1) is 0 Å². The molecule has 0 spiro atoms. The van der Waals surface area contributed by atoms with Crippen molar-refractivity contribution in [2.45, 2.75) is 18.2 Å². The van der Waals surface area contributed by atoms with Crippen molar-refractivity contribution in [1.29, 1.82) is 0 Å². The number of hydrogen-bond donors (Lipinski definition) is 1. The quantitative estimate of drug-likeness (QED) is 0.666. The van der Waals surface area contributed by atoms with Gasteiger partial charge < -0.3 is 14.8 Å². The fraction of sp³-hybridized carbons (Fsp3) is 0.778. The average Bonchev–Trinajstić information content (AvgIpc) is 2.12. The van der Waals surface area contributed by atoms with Gasteiger partial charge in [-0.25, -0.2) is 4.79 Å². The van der Waals surface area contributed by atoms with Crippen LogP contribution in [0.1, 0.15) is 6.92 Å². The lowest BCUT2D eigenvalue weighted by Crippen LogP contribution is -2.43. The molecule has 5 nitrogen and oxygen atoms in total. The summed E-state index contributed by atoms with van der Waals surface area (Å²) in [5, 5.41) is 3.00. The monoisotopic (exact) mass is 233 g/mol. The molecule has 0 bridgehead atoms. The molecule has 0 aromatic rings. The first-order valence-electron chi connectivity index (χ1n) is 4.67. The van der Waals surface area contributed by atoms with Crippen molar-refractivity contribution in [3.63, 3.8) is 0 Å². The highest BCUT2D eigenvalue weighted by molar-refractivity contribution is 8.00. The van der Waals surface area contributed by atoms with Crippen LogP contribution in [-0.4, -0.2) is 49.2 Å². The third-order valence-corrected chi connectivity index (χ3v) is 3.24. The second-order valence-electron chi connectivity index (χ2n) is 3.27. The average molecular weight is 233 g/mol. The van der Waals surface area contributed by atoms with E-state index in [0.717, 1.165) is 13.2 Å². The van der Waals surface area contributed by atoms with Gasteiger partial charge in [0.1, 0.15) is 6.04 Å². The van der Waals surface area contributed by atoms with Crippen LogP contribution < -0.4 is 5.32 Å². The Kier molecular flexibility index (Phi) is 4.90. The first-order valence-corrected chi connectivity index (χ1v) is 5.72. The van der Waals surface area contributed by atoms with Crippen molar-refractivity contribution in [3.05, 3.63) is 0 Å². The van der Waals surface area contributed by atoms with E-state index in [2.05, 4.69) is 10.1 Å². The van der Waals surface area contributed by atoms with Crippen molar-refractivity contribution < 1.29 is 19.1 Å². The summed E-state index contributed by atoms with van der Waals surface area (Å²) in [5.74, 6) is -0.103. The number of amides is 1. The first-order chi connectivity index (χ1) is 7.13. The molecule has 0 radical (unpaired) electrons. The van der Waals surface area contributed by atoms with Crippen LogP contribution in [0.5, 0.6) is 0 Å². The number of nitrogens with one attached hydrogen (secondary N) is 1. The zero-order valence-electron chi connectivity index (χ0n) is 8.82. The molecule has 1 fully saturated rings. The zero-order chi connectivity index (χ0) is 11.3. The van der Waals surface area contributed by atoms with E-state index >= 15 is 0 Å². The number of methoxy groups -OCH3 is 1. The van der Waals surface area contributed by atoms with Gasteiger partial charge in [0.05, 0.1) is 25.6 Å². The molecule has 6 heteroatoms. The second-order valence-corrected chi connectivity index (χ2v) is 4.60. The van der Waals surface area contributed by atoms with E-state index in [-0.39, 0.29) is 5.91 Å². The number of esters is 1. The lowest BCUT2D eigenvalue weighted by atomic mass is 10.3. The Morgan fingerprint density at radius 1 is 1.60 bits per heavy atom. The van der Waals surface area contributed by atoms with Gasteiger partial charge in [0.2, 0.25) is 5.91 Å². The van der Waals surface area contributed by atoms with Gasteiger partial charge in [-0.05, 0) is 0 Å². The molecule has 1 aliphatic heterocycles. The number of carbonyl (C=O) groups is 2. The highest BCUT2D eigenvalue weighted by Gasteiger charge is 2.25. The molecule has 1 saturated heterocycles. The minimum Gasteiger partial charge on any atom is -0.467 e. The molecule has 1 atom stereocenters. The summed E-state index contributed by atoms with van der Waals surface area (Å²) in [4.78, 5) is 22.1. The largest absolute Gasteiger partial charge is 0.467 e. The predicted molar refractivity (Wildman–Crippen MR) is 56.7 cm³/mol. The summed E-state index contributed by atoms with van der Waals surface area (Å²) in [6, 6.07) is -0.557. The predicted octanol–water partition coefficient (Wildman–Crippen LogP) is -0.204. The van der Waals surface area contributed by atoms with Crippen molar-refractivity contribution in [2.24, 2.45) is 0 Å². The highest BCUT2D eigenvalue weighted by atomic mass is 32.2. The molecule has 86 valence electrons. The molecule has 1 aliphatic rings. The number of thioether (sulfide) groups is 1. The SMILES string of the molecule is COC(=O)C(CSC1COC1)NC(C)=O. The lowest BCUT2D eigenvalue weighted by Gasteiger charge is -2.26. The van der Waals surface area contributed by atoms with E-state index in [0.29, 0.717) is 11.0 Å². The van der Waals surface area contributed by atoms with Gasteiger partial charge in [-0.1, -0.05) is 0 Å². The van der Waals surface area contributed by atoms with Crippen LogP contribution in [0.15, 0.2) is 0 Å². The van der Waals surface area contributed by atoms with Crippen molar-refractivity contribution in [3.8, 4) is 0 Å². The maximum absolute atomic E-state index is 11.3. The molecule has 1 heterocycles. The number of hydrogen-bond acceptors (Lipinski definition) is 5. The van der Waals surface area contributed by atoms with Gasteiger partial charge in [-0.2, -0.15) is 11.8 Å². The highest BCUT2D eigenvalue weighted by Crippen LogP contribution is 2.19. The summed E-state index contributed by atoms with van der Waals surface area (Å²) in [7, 11) is 1.31. The van der Waals surface area contributed by atoms with E-state index in [4.69, 9.17) is 4.74 Å². The van der Waals surface area contributed by atoms with Gasteiger partial charge in [0.25, 0.3) is 0 Å². The third-order valence-electron chi connectivity index (χ3n) is 1.97. The zero-order valence-corrected chi connectivity index (χ0v) is 9.63. The molecule has 1 rings (SSSR count). The lowest BCUT2D eigenvalue weighted by molar-refractivity contribution is -0.144. The molecule has 0 aromatic carbocycles. The van der Waals surface area contributed by atoms with Crippen molar-refractivity contribution in [1.82, 2.24) is 5.32 Å². The number of carbonyl (C=O) groups excluding carboxylic acids is 2. The van der Waals surface area contributed by atoms with Crippen LogP contribution in [-0.2, 0) is 19.1 Å². The standard InChI is InChI=1S/C9H15NO4S/c1-6(11)10-8(9(12)13-2)5-15-7-3-14-4-7/h7-8H,3-5H2,1-2H3,(H,10,11). The van der Waals surface area contributed by atoms with Crippen LogP contribution in [0.25, 0.3) is 0 Å². The summed E-state index contributed by atoms with van der Waals surface area (Å²) in [5.41, 5.74) is 0. The molecular formula is C9H15NO4S. The Bertz CT molecular complexity index is 242. The summed E-state index contributed by atoms with van der Waals surface area (Å²) in [6.45, 7) is 2.82. The second kappa shape index (κ2) is 5.97. The van der Waals surface area contributed by atoms with Gasteiger partial charge >= 0.3 is 5.97 Å². The molecule has 1 amide bonds. The van der Waals surface area contributed by atoms with E-state index in [1.54, 1.807) is 11.8 Å². The van der Waals surface area contributed by atoms with Crippen LogP contribution in [0.3, 0.4) is 0 Å². The Labute approximate surface area is 92.9 Å². The molecule has 15 heavy (non-hydrogen) atoms. The first kappa shape index (κ1) is 12.3. The number of ether oxygens (including phenoxy) is 2. The van der Waals surface area contributed by atoms with Crippen LogP contribution >= 0.6 is 11.8 Å². The maximum atomic E-state index is 11.3. The van der Waals surface area contributed by atoms with E-state index < -0.39 is 12.0 Å². The van der Waals surface area contributed by atoms with Gasteiger partial charge in [0.15, 0.2) is 0 Å². The Morgan fingerprint density at radius 3 is 2.67 bits per heavy atom. The Balaban J connectivity index is 2.33. The Hall–Kier alpha value is -0.750. The molecule has 0 aromatic heterocycles. The summed E-state index contributed by atoms with van der Waals surface area (Å²) < 4.78 is 9.61. The molecule has 0 aliphatic carbocycles. The smallest absolute Gasteiger partial charge is 0.329 e. The Morgan fingerprint density at radius 2 is 2.27 bits per heavy atom. The summed E-state index contributed by atoms with van der Waals surface area (Å²) in [6.07, 6.45) is 0. The minimum atomic E-state index is -0.557.